The second kappa shape index (κ2) is 7.08. The van der Waals surface area contributed by atoms with Gasteiger partial charge in [0.15, 0.2) is 5.65 Å². The molecule has 0 unspecified atom stereocenters. The third-order valence-corrected chi connectivity index (χ3v) is 6.17. The number of hydrogen-bond donors (Lipinski definition) is 0. The summed E-state index contributed by atoms with van der Waals surface area (Å²) in [5.41, 5.74) is 2.84. The molecule has 6 nitrogen and oxygen atoms in total. The van der Waals surface area contributed by atoms with Gasteiger partial charge in [-0.2, -0.15) is 10.2 Å². The Morgan fingerprint density at radius 1 is 1.21 bits per heavy atom. The summed E-state index contributed by atoms with van der Waals surface area (Å²) < 4.78 is 9.43. The van der Waals surface area contributed by atoms with Gasteiger partial charge in [0.2, 0.25) is 0 Å². The lowest BCUT2D eigenvalue weighted by Crippen LogP contribution is -2.22. The maximum atomic E-state index is 5.75. The van der Waals surface area contributed by atoms with Crippen LogP contribution in [0.4, 0.5) is 0 Å². The van der Waals surface area contributed by atoms with E-state index in [4.69, 9.17) is 4.74 Å². The summed E-state index contributed by atoms with van der Waals surface area (Å²) in [7, 11) is -1.05. The fourth-order valence-corrected chi connectivity index (χ4v) is 3.60. The van der Waals surface area contributed by atoms with Gasteiger partial charge in [0.05, 0.1) is 12.4 Å². The zero-order valence-electron chi connectivity index (χ0n) is 14.6. The van der Waals surface area contributed by atoms with Crippen molar-refractivity contribution >= 4 is 25.5 Å². The Balaban J connectivity index is 1.72. The highest BCUT2D eigenvalue weighted by atomic mass is 32.2. The Morgan fingerprint density at radius 2 is 2.04 bits per heavy atom. The van der Waals surface area contributed by atoms with Crippen LogP contribution >= 0.6 is 11.8 Å². The third kappa shape index (κ3) is 3.88. The standard InChI is InChI=1S/C16H23N5OSSi/c1-23-15-5-6-17-16-14(10-19-21(15)16)13-9-18-20(11-13)12-22-7-8-24(2,3)4/h5-6,9-11H,7-8,12H2,1-4H3. The first-order valence-electron chi connectivity index (χ1n) is 7.95. The molecule has 0 amide bonds. The lowest BCUT2D eigenvalue weighted by Gasteiger charge is -2.15. The van der Waals surface area contributed by atoms with Crippen LogP contribution in [0.5, 0.6) is 0 Å². The van der Waals surface area contributed by atoms with Crippen LogP contribution in [0.1, 0.15) is 0 Å². The first kappa shape index (κ1) is 17.2. The van der Waals surface area contributed by atoms with Gasteiger partial charge in [-0.3, -0.25) is 0 Å². The Labute approximate surface area is 147 Å². The minimum absolute atomic E-state index is 0.479. The van der Waals surface area contributed by atoms with E-state index in [2.05, 4.69) is 34.8 Å². The van der Waals surface area contributed by atoms with Crippen molar-refractivity contribution in [2.24, 2.45) is 0 Å². The van der Waals surface area contributed by atoms with Gasteiger partial charge in [0.1, 0.15) is 11.8 Å². The van der Waals surface area contributed by atoms with E-state index in [1.807, 2.05) is 46.3 Å². The molecule has 0 aliphatic rings. The third-order valence-electron chi connectivity index (χ3n) is 3.74. The molecule has 0 N–H and O–H groups in total. The predicted octanol–water partition coefficient (Wildman–Crippen LogP) is 3.63. The molecule has 0 bridgehead atoms. The van der Waals surface area contributed by atoms with Gasteiger partial charge in [-0.05, 0) is 18.4 Å². The molecule has 3 heterocycles. The van der Waals surface area contributed by atoms with Crippen LogP contribution in [0.25, 0.3) is 16.8 Å². The maximum Gasteiger partial charge on any atom is 0.164 e. The topological polar surface area (TPSA) is 57.2 Å². The number of thioether (sulfide) groups is 1. The quantitative estimate of drug-likeness (QED) is 0.278. The van der Waals surface area contributed by atoms with E-state index in [0.717, 1.165) is 34.5 Å². The van der Waals surface area contributed by atoms with Crippen molar-refractivity contribution < 1.29 is 4.74 Å². The molecular weight excluding hydrogens is 338 g/mol. The minimum atomic E-state index is -1.05. The van der Waals surface area contributed by atoms with Crippen molar-refractivity contribution in [1.29, 1.82) is 0 Å². The summed E-state index contributed by atoms with van der Waals surface area (Å²) in [6.45, 7) is 8.32. The number of aromatic nitrogens is 5. The van der Waals surface area contributed by atoms with Crippen LogP contribution in [0.2, 0.25) is 25.7 Å². The summed E-state index contributed by atoms with van der Waals surface area (Å²) >= 11 is 1.65. The SMILES string of the molecule is CSc1ccnc2c(-c3cnn(COCC[Si](C)(C)C)c3)cnn12. The summed E-state index contributed by atoms with van der Waals surface area (Å²) in [5.74, 6) is 0. The van der Waals surface area contributed by atoms with Gasteiger partial charge < -0.3 is 4.74 Å². The second-order valence-corrected chi connectivity index (χ2v) is 13.3. The summed E-state index contributed by atoms with van der Waals surface area (Å²) in [5, 5.41) is 9.90. The first-order chi connectivity index (χ1) is 11.5. The molecule has 3 rings (SSSR count). The highest BCUT2D eigenvalue weighted by molar-refractivity contribution is 7.98. The van der Waals surface area contributed by atoms with Crippen molar-refractivity contribution in [2.45, 2.75) is 37.4 Å². The number of nitrogens with zero attached hydrogens (tertiary/aromatic N) is 5. The molecular formula is C16H23N5OSSi. The van der Waals surface area contributed by atoms with Crippen molar-refractivity contribution in [1.82, 2.24) is 24.4 Å². The van der Waals surface area contributed by atoms with Crippen LogP contribution in [0, 0.1) is 0 Å². The van der Waals surface area contributed by atoms with Crippen molar-refractivity contribution in [3.05, 3.63) is 30.9 Å². The Kier molecular flexibility index (Phi) is 5.07. The van der Waals surface area contributed by atoms with E-state index in [1.165, 1.54) is 0 Å². The molecule has 0 spiro atoms. The molecule has 3 aromatic rings. The van der Waals surface area contributed by atoms with Crippen molar-refractivity contribution in [2.75, 3.05) is 12.9 Å². The maximum absolute atomic E-state index is 5.75. The molecule has 0 aliphatic carbocycles. The lowest BCUT2D eigenvalue weighted by atomic mass is 10.2. The van der Waals surface area contributed by atoms with E-state index >= 15 is 0 Å². The number of ether oxygens (including phenoxy) is 1. The second-order valence-electron chi connectivity index (χ2n) is 6.90. The largest absolute Gasteiger partial charge is 0.360 e. The molecule has 24 heavy (non-hydrogen) atoms. The minimum Gasteiger partial charge on any atom is -0.360 e. The molecule has 0 fully saturated rings. The van der Waals surface area contributed by atoms with E-state index in [-0.39, 0.29) is 0 Å². The van der Waals surface area contributed by atoms with E-state index < -0.39 is 8.07 Å². The Hall–Kier alpha value is -1.64. The first-order valence-corrected chi connectivity index (χ1v) is 12.9. The van der Waals surface area contributed by atoms with Crippen LogP contribution in [-0.4, -0.2) is 45.3 Å². The van der Waals surface area contributed by atoms with Crippen LogP contribution < -0.4 is 0 Å². The van der Waals surface area contributed by atoms with Gasteiger partial charge in [-0.1, -0.05) is 19.6 Å². The molecule has 0 radical (unpaired) electrons. The molecule has 0 saturated heterocycles. The fourth-order valence-electron chi connectivity index (χ4n) is 2.34. The molecule has 0 atom stereocenters. The highest BCUT2D eigenvalue weighted by Crippen LogP contribution is 2.25. The zero-order valence-corrected chi connectivity index (χ0v) is 16.4. The van der Waals surface area contributed by atoms with Crippen molar-refractivity contribution in [3.63, 3.8) is 0 Å². The van der Waals surface area contributed by atoms with Gasteiger partial charge in [0.25, 0.3) is 0 Å². The lowest BCUT2D eigenvalue weighted by molar-refractivity contribution is 0.0786. The highest BCUT2D eigenvalue weighted by Gasteiger charge is 2.13. The van der Waals surface area contributed by atoms with Crippen molar-refractivity contribution in [3.8, 4) is 11.1 Å². The smallest absolute Gasteiger partial charge is 0.164 e. The van der Waals surface area contributed by atoms with Crippen LogP contribution in [0.3, 0.4) is 0 Å². The molecule has 128 valence electrons. The summed E-state index contributed by atoms with van der Waals surface area (Å²) in [6.07, 6.45) is 9.52. The molecule has 8 heteroatoms. The molecule has 3 aromatic heterocycles. The van der Waals surface area contributed by atoms with E-state index in [0.29, 0.717) is 6.73 Å². The van der Waals surface area contributed by atoms with Gasteiger partial charge >= 0.3 is 0 Å². The molecule has 0 aromatic carbocycles. The van der Waals surface area contributed by atoms with Gasteiger partial charge in [-0.25, -0.2) is 14.2 Å². The van der Waals surface area contributed by atoms with Crippen LogP contribution in [0.15, 0.2) is 35.9 Å². The normalized spacial score (nSPS) is 12.2. The molecule has 0 saturated carbocycles. The predicted molar refractivity (Wildman–Crippen MR) is 100 cm³/mol. The van der Waals surface area contributed by atoms with E-state index in [9.17, 15) is 0 Å². The average Bonchev–Trinajstić information content (AvgIpc) is 3.16. The zero-order chi connectivity index (χ0) is 17.2. The summed E-state index contributed by atoms with van der Waals surface area (Å²) in [4.78, 5) is 4.46. The van der Waals surface area contributed by atoms with Gasteiger partial charge in [-0.15, -0.1) is 11.8 Å². The summed E-state index contributed by atoms with van der Waals surface area (Å²) in [6, 6.07) is 3.13. The van der Waals surface area contributed by atoms with Gasteiger partial charge in [0, 0.05) is 38.2 Å². The number of rotatable bonds is 7. The average molecular weight is 362 g/mol. The number of hydrogen-bond acceptors (Lipinski definition) is 5. The Bertz CT molecular complexity index is 823. The van der Waals surface area contributed by atoms with E-state index in [1.54, 1.807) is 11.8 Å². The molecule has 0 aliphatic heterocycles. The van der Waals surface area contributed by atoms with Crippen LogP contribution in [-0.2, 0) is 11.5 Å². The number of fused-ring (bicyclic) bond motifs is 1. The Morgan fingerprint density at radius 3 is 2.79 bits per heavy atom. The fraction of sp³-hybridized carbons (Fsp3) is 0.438. The monoisotopic (exact) mass is 361 g/mol.